The third-order valence-corrected chi connectivity index (χ3v) is 7.86. The van der Waals surface area contributed by atoms with Crippen molar-refractivity contribution in [1.29, 1.82) is 0 Å². The van der Waals surface area contributed by atoms with Crippen LogP contribution in [-0.2, 0) is 52.4 Å². The van der Waals surface area contributed by atoms with Gasteiger partial charge in [-0.05, 0) is 68.2 Å². The molecule has 0 spiro atoms. The van der Waals surface area contributed by atoms with Crippen molar-refractivity contribution in [3.05, 3.63) is 0 Å². The number of alkyl carbamates (subject to hydrolysis) is 1. The van der Waals surface area contributed by atoms with E-state index in [0.717, 1.165) is 44.9 Å². The summed E-state index contributed by atoms with van der Waals surface area (Å²) in [6, 6.07) is -0.664. The molecule has 0 aliphatic rings. The molecule has 0 saturated heterocycles. The van der Waals surface area contributed by atoms with Crippen LogP contribution in [0.4, 0.5) is 4.79 Å². The van der Waals surface area contributed by atoms with Crippen molar-refractivity contribution >= 4 is 35.9 Å². The van der Waals surface area contributed by atoms with Crippen LogP contribution < -0.4 is 5.32 Å². The molecule has 0 bridgehead atoms. The fraction of sp³-hybridized carbons (Fsp3) is 0.842. The Morgan fingerprint density at radius 2 is 0.889 bits per heavy atom. The molecule has 0 fully saturated rings. The van der Waals surface area contributed by atoms with Crippen LogP contribution in [0.1, 0.15) is 107 Å². The summed E-state index contributed by atoms with van der Waals surface area (Å²) in [6.07, 6.45) is 6.51. The van der Waals surface area contributed by atoms with Crippen LogP contribution in [0, 0.1) is 0 Å². The normalized spacial score (nSPS) is 12.0. The average molecular weight is 775 g/mol. The number of amides is 1. The van der Waals surface area contributed by atoms with E-state index in [0.29, 0.717) is 13.0 Å². The van der Waals surface area contributed by atoms with Gasteiger partial charge in [-0.25, -0.2) is 4.79 Å². The van der Waals surface area contributed by atoms with E-state index >= 15 is 0 Å². The topological polar surface area (TPSA) is 180 Å². The first-order valence-electron chi connectivity index (χ1n) is 19.6. The minimum absolute atomic E-state index is 0.153. The Kier molecular flexibility index (Phi) is 28.8. The van der Waals surface area contributed by atoms with Crippen molar-refractivity contribution in [3.8, 4) is 0 Å². The van der Waals surface area contributed by atoms with Gasteiger partial charge in [0.05, 0.1) is 59.2 Å². The fourth-order valence-corrected chi connectivity index (χ4v) is 5.49. The third-order valence-electron chi connectivity index (χ3n) is 7.86. The van der Waals surface area contributed by atoms with E-state index < -0.39 is 47.6 Å². The molecule has 1 atom stereocenters. The SMILES string of the molecule is CCOC(=O)CN(CCN(CCN(CC(=O)OCC)CC(=O)OCC)C(CCCCCCCCCNC(=O)OC(C)(C)C)C(=O)OCC)CC(=O)OCC. The Bertz CT molecular complexity index is 997. The van der Waals surface area contributed by atoms with Crippen molar-refractivity contribution < 1.29 is 57.2 Å². The van der Waals surface area contributed by atoms with Crippen molar-refractivity contribution in [2.75, 3.05) is 91.9 Å². The van der Waals surface area contributed by atoms with E-state index in [-0.39, 0.29) is 85.4 Å². The molecule has 1 unspecified atom stereocenters. The molecular weight excluding hydrogens is 704 g/mol. The predicted molar refractivity (Wildman–Crippen MR) is 203 cm³/mol. The van der Waals surface area contributed by atoms with Gasteiger partial charge in [-0.2, -0.15) is 0 Å². The molecule has 0 rings (SSSR count). The van der Waals surface area contributed by atoms with Gasteiger partial charge in [-0.15, -0.1) is 0 Å². The van der Waals surface area contributed by atoms with Gasteiger partial charge >= 0.3 is 35.9 Å². The summed E-state index contributed by atoms with van der Waals surface area (Å²) in [5.74, 6) is -2.39. The van der Waals surface area contributed by atoms with Crippen molar-refractivity contribution in [1.82, 2.24) is 20.0 Å². The van der Waals surface area contributed by atoms with Gasteiger partial charge in [0, 0.05) is 32.7 Å². The Morgan fingerprint density at radius 1 is 0.519 bits per heavy atom. The quantitative estimate of drug-likeness (QED) is 0.0612. The second-order valence-electron chi connectivity index (χ2n) is 13.6. The van der Waals surface area contributed by atoms with Crippen LogP contribution in [0.25, 0.3) is 0 Å². The first-order valence-corrected chi connectivity index (χ1v) is 19.6. The molecule has 0 aromatic rings. The summed E-state index contributed by atoms with van der Waals surface area (Å²) < 4.78 is 31.3. The zero-order chi connectivity index (χ0) is 40.8. The second kappa shape index (κ2) is 30.8. The third kappa shape index (κ3) is 27.1. The highest BCUT2D eigenvalue weighted by Crippen LogP contribution is 2.16. The van der Waals surface area contributed by atoms with Crippen molar-refractivity contribution in [3.63, 3.8) is 0 Å². The van der Waals surface area contributed by atoms with Gasteiger partial charge in [0.15, 0.2) is 0 Å². The lowest BCUT2D eigenvalue weighted by Crippen LogP contribution is -2.50. The molecule has 1 amide bonds. The summed E-state index contributed by atoms with van der Waals surface area (Å²) in [5.41, 5.74) is -0.531. The highest BCUT2D eigenvalue weighted by Gasteiger charge is 2.29. The van der Waals surface area contributed by atoms with Gasteiger partial charge in [0.2, 0.25) is 0 Å². The van der Waals surface area contributed by atoms with E-state index in [1.807, 2.05) is 25.7 Å². The lowest BCUT2D eigenvalue weighted by Gasteiger charge is -2.33. The molecule has 0 heterocycles. The maximum Gasteiger partial charge on any atom is 0.407 e. The number of ether oxygens (including phenoxy) is 6. The highest BCUT2D eigenvalue weighted by atomic mass is 16.6. The lowest BCUT2D eigenvalue weighted by atomic mass is 10.0. The highest BCUT2D eigenvalue weighted by molar-refractivity contribution is 5.76. The Hall–Kier alpha value is -3.50. The summed E-state index contributed by atoms with van der Waals surface area (Å²) in [7, 11) is 0. The number of esters is 5. The summed E-state index contributed by atoms with van der Waals surface area (Å²) in [6.45, 7) is 15.8. The van der Waals surface area contributed by atoms with Gasteiger partial charge in [-0.1, -0.05) is 38.5 Å². The van der Waals surface area contributed by atoms with Crippen molar-refractivity contribution in [2.24, 2.45) is 0 Å². The smallest absolute Gasteiger partial charge is 0.407 e. The first kappa shape index (κ1) is 50.5. The second-order valence-corrected chi connectivity index (χ2v) is 13.6. The van der Waals surface area contributed by atoms with Crippen LogP contribution in [0.5, 0.6) is 0 Å². The number of rotatable bonds is 31. The molecule has 54 heavy (non-hydrogen) atoms. The van der Waals surface area contributed by atoms with Gasteiger partial charge in [0.25, 0.3) is 0 Å². The van der Waals surface area contributed by atoms with Crippen molar-refractivity contribution in [2.45, 2.75) is 118 Å². The number of carbonyl (C=O) groups excluding carboxylic acids is 6. The molecule has 0 aromatic carbocycles. The standard InChI is InChI=1S/C38H70N4O12/c1-9-49-32(43)27-40(28-33(44)50-10-2)23-25-42(26-24-41(29-34(45)51-11-3)30-35(46)52-12-4)31(36(47)53-13-5)21-19-17-15-14-16-18-20-22-39-37(48)54-38(6,7)8/h31H,9-30H2,1-8H3,(H,39,48). The van der Waals surface area contributed by atoms with Crippen LogP contribution in [0.2, 0.25) is 0 Å². The molecule has 16 heteroatoms. The van der Waals surface area contributed by atoms with Gasteiger partial charge in [-0.3, -0.25) is 38.7 Å². The summed E-state index contributed by atoms with van der Waals surface area (Å²) >= 11 is 0. The monoisotopic (exact) mass is 774 g/mol. The number of hydrogen-bond donors (Lipinski definition) is 1. The molecule has 16 nitrogen and oxygen atoms in total. The Morgan fingerprint density at radius 3 is 1.26 bits per heavy atom. The number of nitrogens with zero attached hydrogens (tertiary/aromatic N) is 3. The number of unbranched alkanes of at least 4 members (excludes halogenated alkanes) is 6. The molecule has 0 saturated carbocycles. The minimum Gasteiger partial charge on any atom is -0.465 e. The predicted octanol–water partition coefficient (Wildman–Crippen LogP) is 3.72. The average Bonchev–Trinajstić information content (AvgIpc) is 3.07. The van der Waals surface area contributed by atoms with E-state index in [2.05, 4.69) is 5.32 Å². The zero-order valence-electron chi connectivity index (χ0n) is 34.4. The van der Waals surface area contributed by atoms with Crippen LogP contribution >= 0.6 is 0 Å². The van der Waals surface area contributed by atoms with E-state index in [1.54, 1.807) is 44.4 Å². The number of nitrogens with one attached hydrogen (secondary N) is 1. The fourth-order valence-electron chi connectivity index (χ4n) is 5.49. The molecule has 0 aliphatic carbocycles. The molecular formula is C38H70N4O12. The maximum absolute atomic E-state index is 13.5. The molecule has 0 aliphatic heterocycles. The van der Waals surface area contributed by atoms with E-state index in [4.69, 9.17) is 28.4 Å². The molecule has 0 radical (unpaired) electrons. The Labute approximate surface area is 323 Å². The van der Waals surface area contributed by atoms with E-state index in [1.165, 1.54) is 0 Å². The molecule has 0 aromatic heterocycles. The first-order chi connectivity index (χ1) is 25.7. The lowest BCUT2D eigenvalue weighted by molar-refractivity contribution is -0.152. The number of carbonyl (C=O) groups is 6. The summed E-state index contributed by atoms with van der Waals surface area (Å²) in [5, 5.41) is 2.78. The largest absolute Gasteiger partial charge is 0.465 e. The van der Waals surface area contributed by atoms with Crippen LogP contribution in [0.3, 0.4) is 0 Å². The minimum atomic E-state index is -0.664. The van der Waals surface area contributed by atoms with Crippen LogP contribution in [-0.4, -0.2) is 154 Å². The maximum atomic E-state index is 13.5. The Balaban J connectivity index is 5.80. The number of hydrogen-bond acceptors (Lipinski definition) is 15. The molecule has 314 valence electrons. The zero-order valence-corrected chi connectivity index (χ0v) is 34.4. The molecule has 1 N–H and O–H groups in total. The van der Waals surface area contributed by atoms with Gasteiger partial charge in [0.1, 0.15) is 11.6 Å². The summed E-state index contributed by atoms with van der Waals surface area (Å²) in [4.78, 5) is 80.2. The van der Waals surface area contributed by atoms with Crippen LogP contribution in [0.15, 0.2) is 0 Å². The van der Waals surface area contributed by atoms with Gasteiger partial charge < -0.3 is 33.7 Å². The van der Waals surface area contributed by atoms with E-state index in [9.17, 15) is 28.8 Å².